The van der Waals surface area contributed by atoms with E-state index in [0.717, 1.165) is 17.9 Å². The summed E-state index contributed by atoms with van der Waals surface area (Å²) in [6.45, 7) is 6.07. The molecule has 2 saturated carbocycles. The van der Waals surface area contributed by atoms with E-state index in [0.29, 0.717) is 4.75 Å². The van der Waals surface area contributed by atoms with Crippen LogP contribution in [0.25, 0.3) is 0 Å². The van der Waals surface area contributed by atoms with Crippen LogP contribution >= 0.6 is 11.8 Å². The van der Waals surface area contributed by atoms with Crippen molar-refractivity contribution in [3.8, 4) is 0 Å². The summed E-state index contributed by atoms with van der Waals surface area (Å²) in [7, 11) is 0. The number of rotatable bonds is 4. The smallest absolute Gasteiger partial charge is 0.0282 e. The molecule has 2 aliphatic carbocycles. The molecule has 0 aromatic heterocycles. The largest absolute Gasteiger partial charge is 0.312 e. The molecule has 88 valence electrons. The second-order valence-corrected chi connectivity index (χ2v) is 7.04. The number of nitrogens with one attached hydrogen (secondary N) is 1. The van der Waals surface area contributed by atoms with Crippen molar-refractivity contribution >= 4 is 11.8 Å². The van der Waals surface area contributed by atoms with Gasteiger partial charge in [-0.25, -0.2) is 0 Å². The van der Waals surface area contributed by atoms with Crippen LogP contribution in [-0.4, -0.2) is 23.6 Å². The normalized spacial score (nSPS) is 39.0. The lowest BCUT2D eigenvalue weighted by Crippen LogP contribution is -2.42. The van der Waals surface area contributed by atoms with Crippen LogP contribution in [0.5, 0.6) is 0 Å². The number of thioether (sulfide) groups is 1. The van der Waals surface area contributed by atoms with Crippen molar-refractivity contribution in [2.75, 3.05) is 12.8 Å². The summed E-state index contributed by atoms with van der Waals surface area (Å²) in [5, 5.41) is 3.82. The molecular formula is C13H25NS. The third kappa shape index (κ3) is 2.91. The average molecular weight is 227 g/mol. The van der Waals surface area contributed by atoms with Crippen LogP contribution in [0.4, 0.5) is 0 Å². The molecule has 1 nitrogen and oxygen atoms in total. The van der Waals surface area contributed by atoms with Gasteiger partial charge < -0.3 is 5.32 Å². The molecule has 0 aliphatic heterocycles. The second kappa shape index (κ2) is 4.67. The molecule has 15 heavy (non-hydrogen) atoms. The van der Waals surface area contributed by atoms with Gasteiger partial charge in [0.1, 0.15) is 0 Å². The maximum Gasteiger partial charge on any atom is 0.0282 e. The molecule has 0 radical (unpaired) electrons. The molecule has 2 heteroatoms. The van der Waals surface area contributed by atoms with Gasteiger partial charge in [0.05, 0.1) is 0 Å². The fourth-order valence-corrected chi connectivity index (χ4v) is 3.62. The van der Waals surface area contributed by atoms with E-state index in [-0.39, 0.29) is 0 Å². The average Bonchev–Trinajstić information content (AvgIpc) is 2.97. The molecule has 1 N–H and O–H groups in total. The first-order valence-corrected chi connectivity index (χ1v) is 7.66. The quantitative estimate of drug-likeness (QED) is 0.791. The molecule has 2 rings (SSSR count). The Hall–Kier alpha value is 0.310. The Morgan fingerprint density at radius 1 is 1.27 bits per heavy atom. The third-order valence-electron chi connectivity index (χ3n) is 4.36. The molecule has 0 aromatic rings. The molecule has 0 bridgehead atoms. The van der Waals surface area contributed by atoms with E-state index >= 15 is 0 Å². The standard InChI is InChI=1S/C13H25NS/c1-10-4-5-12(11(2)8-10)14-9-13(15-3)6-7-13/h10-12,14H,4-9H2,1-3H3. The Kier molecular flexibility index (Phi) is 3.67. The predicted octanol–water partition coefficient (Wildman–Crippen LogP) is 3.30. The lowest BCUT2D eigenvalue weighted by Gasteiger charge is -2.34. The first-order valence-electron chi connectivity index (χ1n) is 6.44. The maximum absolute atomic E-state index is 3.82. The molecule has 0 spiro atoms. The van der Waals surface area contributed by atoms with E-state index in [1.807, 2.05) is 0 Å². The van der Waals surface area contributed by atoms with Crippen LogP contribution in [0.2, 0.25) is 0 Å². The van der Waals surface area contributed by atoms with Crippen molar-refractivity contribution in [2.24, 2.45) is 11.8 Å². The summed E-state index contributed by atoms with van der Waals surface area (Å²) < 4.78 is 0.628. The Morgan fingerprint density at radius 2 is 2.00 bits per heavy atom. The van der Waals surface area contributed by atoms with Crippen LogP contribution in [0.3, 0.4) is 0 Å². The van der Waals surface area contributed by atoms with Gasteiger partial charge in [0.2, 0.25) is 0 Å². The highest BCUT2D eigenvalue weighted by atomic mass is 32.2. The van der Waals surface area contributed by atoms with Crippen molar-refractivity contribution in [3.05, 3.63) is 0 Å². The minimum Gasteiger partial charge on any atom is -0.312 e. The minimum atomic E-state index is 0.628. The van der Waals surface area contributed by atoms with E-state index in [1.54, 1.807) is 0 Å². The van der Waals surface area contributed by atoms with Crippen LogP contribution in [0.15, 0.2) is 0 Å². The van der Waals surface area contributed by atoms with Gasteiger partial charge in [0, 0.05) is 17.3 Å². The summed E-state index contributed by atoms with van der Waals surface area (Å²) in [5.41, 5.74) is 0. The Morgan fingerprint density at radius 3 is 2.53 bits per heavy atom. The first kappa shape index (κ1) is 11.8. The topological polar surface area (TPSA) is 12.0 Å². The zero-order valence-corrected chi connectivity index (χ0v) is 11.2. The Balaban J connectivity index is 1.75. The molecule has 2 aliphatic rings. The maximum atomic E-state index is 3.82. The van der Waals surface area contributed by atoms with Gasteiger partial charge in [0.15, 0.2) is 0 Å². The van der Waals surface area contributed by atoms with Gasteiger partial charge in [-0.05, 0) is 50.2 Å². The van der Waals surface area contributed by atoms with Crippen molar-refractivity contribution in [2.45, 2.75) is 56.7 Å². The highest BCUT2D eigenvalue weighted by molar-refractivity contribution is 8.00. The van der Waals surface area contributed by atoms with E-state index in [4.69, 9.17) is 0 Å². The van der Waals surface area contributed by atoms with Gasteiger partial charge in [-0.15, -0.1) is 0 Å². The summed E-state index contributed by atoms with van der Waals surface area (Å²) in [4.78, 5) is 0. The lowest BCUT2D eigenvalue weighted by atomic mass is 9.80. The Labute approximate surface area is 98.8 Å². The second-order valence-electron chi connectivity index (χ2n) is 5.77. The lowest BCUT2D eigenvalue weighted by molar-refractivity contribution is 0.228. The monoisotopic (exact) mass is 227 g/mol. The molecule has 0 amide bonds. The molecular weight excluding hydrogens is 202 g/mol. The van der Waals surface area contributed by atoms with Crippen molar-refractivity contribution < 1.29 is 0 Å². The fourth-order valence-electron chi connectivity index (χ4n) is 2.88. The van der Waals surface area contributed by atoms with Crippen LogP contribution < -0.4 is 5.32 Å². The Bertz CT molecular complexity index is 213. The van der Waals surface area contributed by atoms with Gasteiger partial charge in [-0.3, -0.25) is 0 Å². The van der Waals surface area contributed by atoms with Crippen molar-refractivity contribution in [1.29, 1.82) is 0 Å². The number of hydrogen-bond acceptors (Lipinski definition) is 2. The van der Waals surface area contributed by atoms with Gasteiger partial charge >= 0.3 is 0 Å². The zero-order valence-electron chi connectivity index (χ0n) is 10.4. The highest BCUT2D eigenvalue weighted by Gasteiger charge is 2.42. The van der Waals surface area contributed by atoms with E-state index in [2.05, 4.69) is 37.2 Å². The minimum absolute atomic E-state index is 0.628. The van der Waals surface area contributed by atoms with Crippen LogP contribution in [0, 0.1) is 11.8 Å². The van der Waals surface area contributed by atoms with Crippen LogP contribution in [0.1, 0.15) is 46.0 Å². The van der Waals surface area contributed by atoms with E-state index in [9.17, 15) is 0 Å². The molecule has 0 saturated heterocycles. The van der Waals surface area contributed by atoms with Crippen molar-refractivity contribution in [3.63, 3.8) is 0 Å². The predicted molar refractivity (Wildman–Crippen MR) is 69.4 cm³/mol. The van der Waals surface area contributed by atoms with Gasteiger partial charge in [-0.1, -0.05) is 13.8 Å². The summed E-state index contributed by atoms with van der Waals surface area (Å²) in [6.07, 6.45) is 9.36. The third-order valence-corrected chi connectivity index (χ3v) is 5.78. The highest BCUT2D eigenvalue weighted by Crippen LogP contribution is 2.46. The number of hydrogen-bond donors (Lipinski definition) is 1. The van der Waals surface area contributed by atoms with Gasteiger partial charge in [0.25, 0.3) is 0 Å². The summed E-state index contributed by atoms with van der Waals surface area (Å²) in [5.74, 6) is 1.83. The van der Waals surface area contributed by atoms with Crippen molar-refractivity contribution in [1.82, 2.24) is 5.32 Å². The fraction of sp³-hybridized carbons (Fsp3) is 1.00. The molecule has 2 fully saturated rings. The first-order chi connectivity index (χ1) is 7.15. The zero-order chi connectivity index (χ0) is 10.9. The summed E-state index contributed by atoms with van der Waals surface area (Å²) in [6, 6.07) is 0.797. The SMILES string of the molecule is CSC1(CNC2CCC(C)CC2C)CC1. The van der Waals surface area contributed by atoms with Gasteiger partial charge in [-0.2, -0.15) is 11.8 Å². The van der Waals surface area contributed by atoms with E-state index in [1.165, 1.54) is 38.6 Å². The molecule has 0 aromatic carbocycles. The van der Waals surface area contributed by atoms with Crippen LogP contribution in [-0.2, 0) is 0 Å². The molecule has 3 unspecified atom stereocenters. The molecule has 0 heterocycles. The summed E-state index contributed by atoms with van der Waals surface area (Å²) >= 11 is 2.07. The van der Waals surface area contributed by atoms with E-state index < -0.39 is 0 Å². The molecule has 3 atom stereocenters.